The summed E-state index contributed by atoms with van der Waals surface area (Å²) in [5.41, 5.74) is 2.61. The Bertz CT molecular complexity index is 987. The number of aromatic nitrogens is 2. The fraction of sp³-hybridized carbons (Fsp3) is 0.435. The van der Waals surface area contributed by atoms with Gasteiger partial charge < -0.3 is 10.6 Å². The van der Waals surface area contributed by atoms with Gasteiger partial charge in [0, 0.05) is 34.9 Å². The molecule has 1 saturated carbocycles. The number of amides is 2. The second kappa shape index (κ2) is 9.00. The molecule has 2 amide bonds. The smallest absolute Gasteiger partial charge is 0.247 e. The van der Waals surface area contributed by atoms with E-state index in [4.69, 9.17) is 0 Å². The predicted octanol–water partition coefficient (Wildman–Crippen LogP) is 4.72. The Morgan fingerprint density at radius 3 is 2.53 bits per heavy atom. The number of fused-ring (bicyclic) bond motifs is 1. The lowest BCUT2D eigenvalue weighted by Gasteiger charge is -2.26. The van der Waals surface area contributed by atoms with Crippen molar-refractivity contribution in [2.24, 2.45) is 11.8 Å². The molecule has 1 unspecified atom stereocenters. The molecule has 0 bridgehead atoms. The first-order chi connectivity index (χ1) is 14.5. The normalized spacial score (nSPS) is 16.0. The van der Waals surface area contributed by atoms with Crippen LogP contribution < -0.4 is 10.6 Å². The van der Waals surface area contributed by atoms with Gasteiger partial charge in [0.1, 0.15) is 6.04 Å². The lowest BCUT2D eigenvalue weighted by Crippen LogP contribution is -2.49. The topological polar surface area (TPSA) is 75.5 Å². The molecule has 1 fully saturated rings. The van der Waals surface area contributed by atoms with Crippen LogP contribution in [0.15, 0.2) is 42.0 Å². The first kappa shape index (κ1) is 20.6. The first-order valence-electron chi connectivity index (χ1n) is 10.6. The molecule has 0 saturated heterocycles. The maximum atomic E-state index is 12.9. The second-order valence-electron chi connectivity index (χ2n) is 8.35. The summed E-state index contributed by atoms with van der Waals surface area (Å²) in [6.07, 6.45) is 9.21. The molecular weight excluding hydrogens is 396 g/mol. The number of thiazole rings is 1. The zero-order chi connectivity index (χ0) is 21.1. The van der Waals surface area contributed by atoms with Crippen LogP contribution in [0, 0.1) is 11.8 Å². The number of carbonyl (C=O) groups is 2. The molecule has 2 aromatic heterocycles. The quantitative estimate of drug-likeness (QED) is 0.601. The Balaban J connectivity index is 1.40. The molecule has 30 heavy (non-hydrogen) atoms. The van der Waals surface area contributed by atoms with Crippen molar-refractivity contribution in [2.45, 2.75) is 52.0 Å². The van der Waals surface area contributed by atoms with Gasteiger partial charge in [0.05, 0.1) is 5.69 Å². The van der Waals surface area contributed by atoms with E-state index in [9.17, 15) is 9.59 Å². The summed E-state index contributed by atoms with van der Waals surface area (Å²) >= 11 is 1.60. The average Bonchev–Trinajstić information content (AvgIpc) is 3.35. The molecule has 1 aromatic carbocycles. The highest BCUT2D eigenvalue weighted by molar-refractivity contribution is 7.15. The molecule has 1 atom stereocenters. The van der Waals surface area contributed by atoms with E-state index in [1.165, 1.54) is 6.42 Å². The molecule has 7 heteroatoms. The van der Waals surface area contributed by atoms with Crippen LogP contribution >= 0.6 is 11.3 Å². The van der Waals surface area contributed by atoms with Gasteiger partial charge >= 0.3 is 0 Å². The zero-order valence-corrected chi connectivity index (χ0v) is 18.2. The van der Waals surface area contributed by atoms with Crippen LogP contribution in [0.25, 0.3) is 16.2 Å². The molecule has 6 nitrogen and oxygen atoms in total. The molecule has 2 N–H and O–H groups in total. The van der Waals surface area contributed by atoms with Gasteiger partial charge in [-0.2, -0.15) is 0 Å². The largest absolute Gasteiger partial charge is 0.344 e. The van der Waals surface area contributed by atoms with Gasteiger partial charge in [-0.3, -0.25) is 14.0 Å². The molecule has 4 rings (SSSR count). The number of rotatable bonds is 6. The van der Waals surface area contributed by atoms with E-state index in [0.29, 0.717) is 5.69 Å². The third-order valence-corrected chi connectivity index (χ3v) is 6.54. The van der Waals surface area contributed by atoms with E-state index in [1.54, 1.807) is 11.3 Å². The molecule has 1 aliphatic carbocycles. The molecule has 1 aliphatic rings. The van der Waals surface area contributed by atoms with E-state index >= 15 is 0 Å². The number of benzene rings is 1. The lowest BCUT2D eigenvalue weighted by molar-refractivity contribution is -0.130. The van der Waals surface area contributed by atoms with Gasteiger partial charge in [0.2, 0.25) is 11.8 Å². The van der Waals surface area contributed by atoms with Gasteiger partial charge in [-0.1, -0.05) is 45.2 Å². The fourth-order valence-corrected chi connectivity index (χ4v) is 4.68. The summed E-state index contributed by atoms with van der Waals surface area (Å²) in [4.78, 5) is 31.1. The summed E-state index contributed by atoms with van der Waals surface area (Å²) in [5.74, 6) is -0.116. The minimum absolute atomic E-state index is 0.00953. The van der Waals surface area contributed by atoms with Crippen molar-refractivity contribution in [1.82, 2.24) is 14.7 Å². The van der Waals surface area contributed by atoms with Crippen molar-refractivity contribution >= 4 is 33.8 Å². The number of hydrogen-bond donors (Lipinski definition) is 2. The Kier molecular flexibility index (Phi) is 6.18. The Morgan fingerprint density at radius 1 is 1.13 bits per heavy atom. The van der Waals surface area contributed by atoms with Crippen molar-refractivity contribution in [3.63, 3.8) is 0 Å². The van der Waals surface area contributed by atoms with Gasteiger partial charge in [-0.25, -0.2) is 4.98 Å². The highest BCUT2D eigenvalue weighted by atomic mass is 32.1. The highest BCUT2D eigenvalue weighted by Crippen LogP contribution is 2.25. The summed E-state index contributed by atoms with van der Waals surface area (Å²) in [5, 5.41) is 7.95. The van der Waals surface area contributed by atoms with Gasteiger partial charge in [-0.15, -0.1) is 11.3 Å². The summed E-state index contributed by atoms with van der Waals surface area (Å²) < 4.78 is 2.00. The number of hydrogen-bond acceptors (Lipinski definition) is 4. The maximum absolute atomic E-state index is 12.9. The van der Waals surface area contributed by atoms with Crippen molar-refractivity contribution in [3.05, 3.63) is 42.0 Å². The van der Waals surface area contributed by atoms with Gasteiger partial charge in [0.25, 0.3) is 0 Å². The second-order valence-corrected chi connectivity index (χ2v) is 9.22. The van der Waals surface area contributed by atoms with Crippen molar-refractivity contribution in [3.8, 4) is 11.3 Å². The third kappa shape index (κ3) is 4.56. The van der Waals surface area contributed by atoms with E-state index < -0.39 is 6.04 Å². The summed E-state index contributed by atoms with van der Waals surface area (Å²) in [7, 11) is 0. The summed E-state index contributed by atoms with van der Waals surface area (Å²) in [6, 6.07) is 7.11. The first-order valence-corrected chi connectivity index (χ1v) is 11.5. The SMILES string of the molecule is CC(C)C(NC(=O)C1CCCCC1)C(=O)Nc1ccc(-c2cn3ccsc3n2)cc1. The van der Waals surface area contributed by atoms with E-state index in [0.717, 1.165) is 41.9 Å². The van der Waals surface area contributed by atoms with Gasteiger partial charge in [-0.05, 0) is 30.9 Å². The Labute approximate surface area is 180 Å². The van der Waals surface area contributed by atoms with Crippen LogP contribution in [-0.4, -0.2) is 27.2 Å². The predicted molar refractivity (Wildman–Crippen MR) is 120 cm³/mol. The molecule has 3 aromatic rings. The lowest BCUT2D eigenvalue weighted by atomic mass is 9.88. The van der Waals surface area contributed by atoms with Gasteiger partial charge in [0.15, 0.2) is 4.96 Å². The Morgan fingerprint density at radius 2 is 1.87 bits per heavy atom. The highest BCUT2D eigenvalue weighted by Gasteiger charge is 2.28. The minimum atomic E-state index is -0.543. The zero-order valence-electron chi connectivity index (χ0n) is 17.4. The molecule has 0 spiro atoms. The number of imidazole rings is 1. The van der Waals surface area contributed by atoms with Crippen molar-refractivity contribution in [1.29, 1.82) is 0 Å². The van der Waals surface area contributed by atoms with Crippen molar-refractivity contribution in [2.75, 3.05) is 5.32 Å². The molecule has 2 heterocycles. The number of nitrogens with one attached hydrogen (secondary N) is 2. The van der Waals surface area contributed by atoms with Crippen LogP contribution in [-0.2, 0) is 9.59 Å². The van der Waals surface area contributed by atoms with Crippen LogP contribution in [0.4, 0.5) is 5.69 Å². The van der Waals surface area contributed by atoms with Crippen molar-refractivity contribution < 1.29 is 9.59 Å². The monoisotopic (exact) mass is 424 g/mol. The molecular formula is C23H28N4O2S. The van der Waals surface area contributed by atoms with E-state index in [1.807, 2.05) is 60.3 Å². The van der Waals surface area contributed by atoms with Crippen LogP contribution in [0.2, 0.25) is 0 Å². The van der Waals surface area contributed by atoms with Crippen LogP contribution in [0.3, 0.4) is 0 Å². The number of nitrogens with zero attached hydrogens (tertiary/aromatic N) is 2. The molecule has 158 valence electrons. The number of carbonyl (C=O) groups excluding carboxylic acids is 2. The minimum Gasteiger partial charge on any atom is -0.344 e. The molecule has 0 radical (unpaired) electrons. The Hall–Kier alpha value is -2.67. The standard InChI is InChI=1S/C23H28N4O2S/c1-15(2)20(26-21(28)17-6-4-3-5-7-17)22(29)24-18-10-8-16(9-11-18)19-14-27-12-13-30-23(27)25-19/h8-15,17,20H,3-7H2,1-2H3,(H,24,29)(H,26,28). The number of anilines is 1. The van der Waals surface area contributed by atoms with E-state index in [-0.39, 0.29) is 23.7 Å². The summed E-state index contributed by atoms with van der Waals surface area (Å²) in [6.45, 7) is 3.91. The fourth-order valence-electron chi connectivity index (χ4n) is 3.98. The van der Waals surface area contributed by atoms with Crippen LogP contribution in [0.5, 0.6) is 0 Å². The third-order valence-electron chi connectivity index (χ3n) is 5.76. The molecule has 0 aliphatic heterocycles. The van der Waals surface area contributed by atoms with Crippen LogP contribution in [0.1, 0.15) is 46.0 Å². The van der Waals surface area contributed by atoms with E-state index in [2.05, 4.69) is 15.6 Å². The average molecular weight is 425 g/mol. The maximum Gasteiger partial charge on any atom is 0.247 e.